The Morgan fingerprint density at radius 2 is 2.05 bits per heavy atom. The molecule has 1 atom stereocenters. The van der Waals surface area contributed by atoms with Crippen LogP contribution in [0.25, 0.3) is 0 Å². The number of ketones is 1. The maximum absolute atomic E-state index is 12.0. The Morgan fingerprint density at radius 3 is 2.84 bits per heavy atom. The zero-order valence-electron chi connectivity index (χ0n) is 10.6. The van der Waals surface area contributed by atoms with E-state index in [0.717, 1.165) is 22.8 Å². The molecule has 2 aliphatic rings. The average molecular weight is 280 g/mol. The number of fused-ring (bicyclic) bond motifs is 1. The predicted molar refractivity (Wildman–Crippen MR) is 72.1 cm³/mol. The molecule has 0 amide bonds. The second kappa shape index (κ2) is 5.84. The third-order valence-electron chi connectivity index (χ3n) is 3.28. The molecule has 0 saturated carbocycles. The molecule has 0 aliphatic carbocycles. The van der Waals surface area contributed by atoms with Gasteiger partial charge in [0.1, 0.15) is 19.0 Å². The molecular weight excluding hydrogens is 264 g/mol. The molecule has 2 aliphatic heterocycles. The van der Waals surface area contributed by atoms with Gasteiger partial charge in [-0.25, -0.2) is 0 Å². The number of rotatable bonds is 4. The molecule has 3 rings (SSSR count). The van der Waals surface area contributed by atoms with Crippen LogP contribution in [-0.4, -0.2) is 38.0 Å². The molecule has 0 radical (unpaired) electrons. The Morgan fingerprint density at radius 1 is 1.21 bits per heavy atom. The lowest BCUT2D eigenvalue weighted by molar-refractivity contribution is -0.120. The first-order valence-corrected chi connectivity index (χ1v) is 7.44. The van der Waals surface area contributed by atoms with Gasteiger partial charge in [-0.15, -0.1) is 11.8 Å². The van der Waals surface area contributed by atoms with Crippen LogP contribution in [0.5, 0.6) is 11.5 Å². The Hall–Kier alpha value is -1.20. The number of hydrogen-bond acceptors (Lipinski definition) is 5. The van der Waals surface area contributed by atoms with E-state index in [9.17, 15) is 4.79 Å². The summed E-state index contributed by atoms with van der Waals surface area (Å²) < 4.78 is 16.2. The standard InChI is InChI=1S/C14H16O4S/c15-12(10-3-4-16-8-10)9-19-11-1-2-13-14(7-11)18-6-5-17-13/h1-2,7,10H,3-6,8-9H2. The molecule has 0 spiro atoms. The molecular formula is C14H16O4S. The molecule has 0 aromatic heterocycles. The van der Waals surface area contributed by atoms with Gasteiger partial charge in [-0.2, -0.15) is 0 Å². The molecule has 1 saturated heterocycles. The number of hydrogen-bond donors (Lipinski definition) is 0. The summed E-state index contributed by atoms with van der Waals surface area (Å²) >= 11 is 1.55. The maximum Gasteiger partial charge on any atom is 0.162 e. The molecule has 1 fully saturated rings. The van der Waals surface area contributed by atoms with Crippen molar-refractivity contribution in [3.05, 3.63) is 18.2 Å². The summed E-state index contributed by atoms with van der Waals surface area (Å²) in [5.41, 5.74) is 0. The van der Waals surface area contributed by atoms with Crippen LogP contribution in [0, 0.1) is 5.92 Å². The van der Waals surface area contributed by atoms with Crippen LogP contribution in [0.4, 0.5) is 0 Å². The topological polar surface area (TPSA) is 44.8 Å². The van der Waals surface area contributed by atoms with Crippen molar-refractivity contribution in [1.82, 2.24) is 0 Å². The second-order valence-electron chi connectivity index (χ2n) is 4.62. The molecule has 0 bridgehead atoms. The molecule has 4 nitrogen and oxygen atoms in total. The van der Waals surface area contributed by atoms with Gasteiger partial charge in [0.05, 0.1) is 12.4 Å². The number of carbonyl (C=O) groups is 1. The SMILES string of the molecule is O=C(CSc1ccc2c(c1)OCCO2)C1CCOC1. The Balaban J connectivity index is 1.59. The summed E-state index contributed by atoms with van der Waals surface area (Å²) in [6.45, 7) is 2.48. The second-order valence-corrected chi connectivity index (χ2v) is 5.67. The molecule has 0 N–H and O–H groups in total. The van der Waals surface area contributed by atoms with Gasteiger partial charge < -0.3 is 14.2 Å². The lowest BCUT2D eigenvalue weighted by Gasteiger charge is -2.18. The molecule has 2 heterocycles. The predicted octanol–water partition coefficient (Wildman–Crippen LogP) is 2.16. The number of thioether (sulfide) groups is 1. The number of benzene rings is 1. The highest BCUT2D eigenvalue weighted by molar-refractivity contribution is 8.00. The van der Waals surface area contributed by atoms with Crippen molar-refractivity contribution in [2.24, 2.45) is 5.92 Å². The largest absolute Gasteiger partial charge is 0.486 e. The molecule has 5 heteroatoms. The highest BCUT2D eigenvalue weighted by Crippen LogP contribution is 2.34. The van der Waals surface area contributed by atoms with E-state index in [0.29, 0.717) is 32.2 Å². The van der Waals surface area contributed by atoms with Crippen molar-refractivity contribution in [3.63, 3.8) is 0 Å². The van der Waals surface area contributed by atoms with Crippen molar-refractivity contribution in [3.8, 4) is 11.5 Å². The number of carbonyl (C=O) groups excluding carboxylic acids is 1. The van der Waals surface area contributed by atoms with E-state index in [-0.39, 0.29) is 11.7 Å². The fourth-order valence-corrected chi connectivity index (χ4v) is 3.07. The van der Waals surface area contributed by atoms with E-state index in [4.69, 9.17) is 14.2 Å². The lowest BCUT2D eigenvalue weighted by Crippen LogP contribution is -2.16. The first kappa shape index (κ1) is 12.8. The minimum atomic E-state index is 0.0877. The number of ether oxygens (including phenoxy) is 3. The van der Waals surface area contributed by atoms with E-state index >= 15 is 0 Å². The quantitative estimate of drug-likeness (QED) is 0.791. The van der Waals surface area contributed by atoms with Crippen molar-refractivity contribution in [1.29, 1.82) is 0 Å². The smallest absolute Gasteiger partial charge is 0.162 e. The first-order chi connectivity index (χ1) is 9.33. The van der Waals surface area contributed by atoms with Crippen LogP contribution in [0.3, 0.4) is 0 Å². The Kier molecular flexibility index (Phi) is 3.94. The molecule has 1 aromatic rings. The first-order valence-electron chi connectivity index (χ1n) is 6.46. The summed E-state index contributed by atoms with van der Waals surface area (Å²) in [5.74, 6) is 2.41. The summed E-state index contributed by atoms with van der Waals surface area (Å²) in [4.78, 5) is 13.0. The minimum absolute atomic E-state index is 0.0877. The fourth-order valence-electron chi connectivity index (χ4n) is 2.17. The van der Waals surface area contributed by atoms with Gasteiger partial charge in [-0.1, -0.05) is 0 Å². The van der Waals surface area contributed by atoms with Crippen LogP contribution in [0.15, 0.2) is 23.1 Å². The van der Waals surface area contributed by atoms with Gasteiger partial charge >= 0.3 is 0 Å². The maximum atomic E-state index is 12.0. The average Bonchev–Trinajstić information content (AvgIpc) is 2.99. The van der Waals surface area contributed by atoms with Gasteiger partial charge in [-0.05, 0) is 24.6 Å². The van der Waals surface area contributed by atoms with Crippen molar-refractivity contribution in [2.75, 3.05) is 32.2 Å². The van der Waals surface area contributed by atoms with Gasteiger partial charge in [0.15, 0.2) is 11.5 Å². The van der Waals surface area contributed by atoms with Gasteiger partial charge in [0.2, 0.25) is 0 Å². The molecule has 19 heavy (non-hydrogen) atoms. The van der Waals surface area contributed by atoms with Crippen LogP contribution in [0.2, 0.25) is 0 Å². The zero-order valence-corrected chi connectivity index (χ0v) is 11.4. The lowest BCUT2D eigenvalue weighted by atomic mass is 10.1. The monoisotopic (exact) mass is 280 g/mol. The van der Waals surface area contributed by atoms with Gasteiger partial charge in [0.25, 0.3) is 0 Å². The van der Waals surface area contributed by atoms with Crippen molar-refractivity contribution < 1.29 is 19.0 Å². The van der Waals surface area contributed by atoms with Crippen LogP contribution >= 0.6 is 11.8 Å². The van der Waals surface area contributed by atoms with E-state index in [1.807, 2.05) is 18.2 Å². The van der Waals surface area contributed by atoms with Crippen LogP contribution in [0.1, 0.15) is 6.42 Å². The van der Waals surface area contributed by atoms with Crippen LogP contribution in [-0.2, 0) is 9.53 Å². The summed E-state index contributed by atoms with van der Waals surface area (Å²) in [6.07, 6.45) is 0.862. The third kappa shape index (κ3) is 3.04. The Labute approximate surface area is 116 Å². The zero-order chi connectivity index (χ0) is 13.1. The number of Topliss-reactive ketones (excluding diaryl/α,β-unsaturated/α-hetero) is 1. The van der Waals surface area contributed by atoms with Crippen molar-refractivity contribution >= 4 is 17.5 Å². The molecule has 1 unspecified atom stereocenters. The highest BCUT2D eigenvalue weighted by atomic mass is 32.2. The minimum Gasteiger partial charge on any atom is -0.486 e. The summed E-state index contributed by atoms with van der Waals surface area (Å²) in [7, 11) is 0. The molecule has 1 aromatic carbocycles. The van der Waals surface area contributed by atoms with Gasteiger partial charge in [0, 0.05) is 17.4 Å². The Bertz CT molecular complexity index is 469. The summed E-state index contributed by atoms with van der Waals surface area (Å²) in [6, 6.07) is 5.81. The normalized spacial score (nSPS) is 21.4. The van der Waals surface area contributed by atoms with E-state index in [1.54, 1.807) is 11.8 Å². The van der Waals surface area contributed by atoms with Crippen LogP contribution < -0.4 is 9.47 Å². The third-order valence-corrected chi connectivity index (χ3v) is 4.30. The van der Waals surface area contributed by atoms with Crippen molar-refractivity contribution in [2.45, 2.75) is 11.3 Å². The fraction of sp³-hybridized carbons (Fsp3) is 0.500. The highest BCUT2D eigenvalue weighted by Gasteiger charge is 2.23. The van der Waals surface area contributed by atoms with E-state index in [1.165, 1.54) is 0 Å². The van der Waals surface area contributed by atoms with E-state index < -0.39 is 0 Å². The van der Waals surface area contributed by atoms with Gasteiger partial charge in [-0.3, -0.25) is 4.79 Å². The summed E-state index contributed by atoms with van der Waals surface area (Å²) in [5, 5.41) is 0. The van der Waals surface area contributed by atoms with E-state index in [2.05, 4.69) is 0 Å². The molecule has 102 valence electrons.